The molecule has 0 bridgehead atoms. The highest BCUT2D eigenvalue weighted by atomic mass is 16.5. The van der Waals surface area contributed by atoms with Gasteiger partial charge < -0.3 is 14.6 Å². The first-order valence-corrected chi connectivity index (χ1v) is 8.77. The normalized spacial score (nSPS) is 19.8. The van der Waals surface area contributed by atoms with Crippen LogP contribution in [0.3, 0.4) is 0 Å². The minimum absolute atomic E-state index is 0.0779. The van der Waals surface area contributed by atoms with E-state index < -0.39 is 6.10 Å². The molecule has 0 radical (unpaired) electrons. The maximum atomic E-state index is 11.9. The number of hydrogen-bond donors (Lipinski definition) is 1. The number of aliphatic hydroxyl groups excluding tert-OH is 1. The molecule has 1 N–H and O–H groups in total. The zero-order chi connectivity index (χ0) is 17.5. The van der Waals surface area contributed by atoms with Crippen LogP contribution in [0.25, 0.3) is 0 Å². The van der Waals surface area contributed by atoms with Gasteiger partial charge in [0.1, 0.15) is 18.5 Å². The number of nitrogens with zero attached hydrogens (tertiary/aromatic N) is 1. The van der Waals surface area contributed by atoms with Crippen molar-refractivity contribution >= 4 is 5.97 Å². The molecule has 5 nitrogen and oxygen atoms in total. The van der Waals surface area contributed by atoms with E-state index in [-0.39, 0.29) is 18.5 Å². The van der Waals surface area contributed by atoms with Crippen LogP contribution >= 0.6 is 0 Å². The van der Waals surface area contributed by atoms with Crippen LogP contribution < -0.4 is 4.74 Å². The summed E-state index contributed by atoms with van der Waals surface area (Å²) in [5.41, 5.74) is 2.28. The van der Waals surface area contributed by atoms with Gasteiger partial charge in [0.25, 0.3) is 0 Å². The summed E-state index contributed by atoms with van der Waals surface area (Å²) >= 11 is 0. The second-order valence-corrected chi connectivity index (χ2v) is 6.51. The number of esters is 1. The van der Waals surface area contributed by atoms with Crippen molar-refractivity contribution in [2.45, 2.75) is 39.7 Å². The largest absolute Gasteiger partial charge is 0.491 e. The van der Waals surface area contributed by atoms with Gasteiger partial charge in [0.2, 0.25) is 0 Å². The number of ether oxygens (including phenoxy) is 2. The zero-order valence-electron chi connectivity index (χ0n) is 15.0. The minimum atomic E-state index is -0.578. The van der Waals surface area contributed by atoms with Gasteiger partial charge in [-0.25, -0.2) is 0 Å². The van der Waals surface area contributed by atoms with E-state index in [9.17, 15) is 9.90 Å². The summed E-state index contributed by atoms with van der Waals surface area (Å²) in [6.07, 6.45) is 1.24. The lowest BCUT2D eigenvalue weighted by Crippen LogP contribution is -2.44. The highest BCUT2D eigenvalue weighted by Gasteiger charge is 2.27. The smallest absolute Gasteiger partial charge is 0.310 e. The number of likely N-dealkylation sites (tertiary alicyclic amines) is 1. The summed E-state index contributed by atoms with van der Waals surface area (Å²) < 4.78 is 10.9. The van der Waals surface area contributed by atoms with Crippen molar-refractivity contribution in [2.75, 3.05) is 32.8 Å². The fraction of sp³-hybridized carbons (Fsp3) is 0.632. The average Bonchev–Trinajstić information content (AvgIpc) is 2.56. The van der Waals surface area contributed by atoms with Crippen molar-refractivity contribution < 1.29 is 19.4 Å². The topological polar surface area (TPSA) is 59.0 Å². The van der Waals surface area contributed by atoms with Crippen LogP contribution in [0.4, 0.5) is 0 Å². The summed E-state index contributed by atoms with van der Waals surface area (Å²) in [6, 6.07) is 5.92. The van der Waals surface area contributed by atoms with Crippen LogP contribution in [-0.2, 0) is 9.53 Å². The highest BCUT2D eigenvalue weighted by Crippen LogP contribution is 2.21. The first-order chi connectivity index (χ1) is 11.5. The van der Waals surface area contributed by atoms with Crippen molar-refractivity contribution in [3.8, 4) is 5.75 Å². The Morgan fingerprint density at radius 1 is 1.42 bits per heavy atom. The molecule has 1 aromatic rings. The van der Waals surface area contributed by atoms with E-state index in [1.54, 1.807) is 0 Å². The van der Waals surface area contributed by atoms with Crippen LogP contribution in [0.5, 0.6) is 5.75 Å². The third-order valence-electron chi connectivity index (χ3n) is 4.58. The Kier molecular flexibility index (Phi) is 7.06. The molecule has 1 aliphatic heterocycles. The predicted molar refractivity (Wildman–Crippen MR) is 93.2 cm³/mol. The lowest BCUT2D eigenvalue weighted by atomic mass is 9.98. The molecule has 1 aliphatic rings. The molecule has 134 valence electrons. The number of rotatable bonds is 7. The second-order valence-electron chi connectivity index (χ2n) is 6.51. The van der Waals surface area contributed by atoms with Crippen LogP contribution in [0.2, 0.25) is 0 Å². The Balaban J connectivity index is 1.80. The number of aliphatic hydroxyl groups is 1. The third kappa shape index (κ3) is 5.21. The van der Waals surface area contributed by atoms with E-state index >= 15 is 0 Å². The van der Waals surface area contributed by atoms with Gasteiger partial charge in [-0.15, -0.1) is 0 Å². The number of carbonyl (C=O) groups is 1. The van der Waals surface area contributed by atoms with Gasteiger partial charge in [-0.05, 0) is 57.4 Å². The van der Waals surface area contributed by atoms with Crippen LogP contribution in [0.1, 0.15) is 30.9 Å². The van der Waals surface area contributed by atoms with E-state index in [0.717, 1.165) is 30.7 Å². The highest BCUT2D eigenvalue weighted by molar-refractivity contribution is 5.72. The number of carbonyl (C=O) groups excluding carboxylic acids is 1. The molecule has 2 rings (SSSR count). The molecular weight excluding hydrogens is 306 g/mol. The SMILES string of the molecule is CCOC(=O)[C@H]1CCCN(C[C@H](O)COc2cccc(C)c2C)C1. The summed E-state index contributed by atoms with van der Waals surface area (Å²) in [6.45, 7) is 8.63. The van der Waals surface area contributed by atoms with E-state index in [2.05, 4.69) is 4.90 Å². The number of hydrogen-bond acceptors (Lipinski definition) is 5. The Hall–Kier alpha value is -1.59. The van der Waals surface area contributed by atoms with Gasteiger partial charge in [0, 0.05) is 13.1 Å². The standard InChI is InChI=1S/C19H29NO4/c1-4-23-19(22)16-8-6-10-20(11-16)12-17(21)13-24-18-9-5-7-14(2)15(18)3/h5,7,9,16-17,21H,4,6,8,10-13H2,1-3H3/t16-,17-/m0/s1. The molecule has 0 aliphatic carbocycles. The van der Waals surface area contributed by atoms with Crippen LogP contribution in [0, 0.1) is 19.8 Å². The second kappa shape index (κ2) is 9.04. The molecule has 1 heterocycles. The first kappa shape index (κ1) is 18.7. The van der Waals surface area contributed by atoms with E-state index in [0.29, 0.717) is 19.7 Å². The zero-order valence-corrected chi connectivity index (χ0v) is 15.0. The molecule has 0 amide bonds. The monoisotopic (exact) mass is 335 g/mol. The number of piperidine rings is 1. The van der Waals surface area contributed by atoms with Crippen molar-refractivity contribution in [3.63, 3.8) is 0 Å². The van der Waals surface area contributed by atoms with Crippen LogP contribution in [-0.4, -0.2) is 54.9 Å². The molecule has 0 unspecified atom stereocenters. The molecule has 2 atom stereocenters. The molecule has 24 heavy (non-hydrogen) atoms. The maximum absolute atomic E-state index is 11.9. The number of β-amino-alcohol motifs (C(OH)–C–C–N with tert-alkyl or cyclic N) is 1. The fourth-order valence-electron chi connectivity index (χ4n) is 3.09. The van der Waals surface area contributed by atoms with Gasteiger partial charge in [0.05, 0.1) is 12.5 Å². The molecule has 5 heteroatoms. The Bertz CT molecular complexity index is 546. The summed E-state index contributed by atoms with van der Waals surface area (Å²) in [7, 11) is 0. The van der Waals surface area contributed by atoms with E-state index in [1.807, 2.05) is 39.0 Å². The predicted octanol–water partition coefficient (Wildman–Crippen LogP) is 2.32. The molecular formula is C19H29NO4. The Labute approximate surface area is 144 Å². The summed E-state index contributed by atoms with van der Waals surface area (Å²) in [4.78, 5) is 14.0. The minimum Gasteiger partial charge on any atom is -0.491 e. The Morgan fingerprint density at radius 2 is 2.21 bits per heavy atom. The lowest BCUT2D eigenvalue weighted by Gasteiger charge is -2.32. The van der Waals surface area contributed by atoms with Gasteiger partial charge >= 0.3 is 5.97 Å². The quantitative estimate of drug-likeness (QED) is 0.775. The van der Waals surface area contributed by atoms with E-state index in [1.165, 1.54) is 5.56 Å². The first-order valence-electron chi connectivity index (χ1n) is 8.77. The van der Waals surface area contributed by atoms with Crippen molar-refractivity contribution in [1.82, 2.24) is 4.90 Å². The summed E-state index contributed by atoms with van der Waals surface area (Å²) in [5.74, 6) is 0.617. The van der Waals surface area contributed by atoms with Crippen molar-refractivity contribution in [2.24, 2.45) is 5.92 Å². The lowest BCUT2D eigenvalue weighted by molar-refractivity contribution is -0.150. The molecule has 1 fully saturated rings. The average molecular weight is 335 g/mol. The van der Waals surface area contributed by atoms with Gasteiger partial charge in [-0.2, -0.15) is 0 Å². The van der Waals surface area contributed by atoms with Gasteiger partial charge in [0.15, 0.2) is 0 Å². The number of benzene rings is 1. The molecule has 1 aromatic carbocycles. The molecule has 1 saturated heterocycles. The van der Waals surface area contributed by atoms with Crippen molar-refractivity contribution in [1.29, 1.82) is 0 Å². The van der Waals surface area contributed by atoms with Crippen LogP contribution in [0.15, 0.2) is 18.2 Å². The van der Waals surface area contributed by atoms with Gasteiger partial charge in [-0.3, -0.25) is 9.69 Å². The third-order valence-corrected chi connectivity index (χ3v) is 4.58. The van der Waals surface area contributed by atoms with Gasteiger partial charge in [-0.1, -0.05) is 12.1 Å². The number of aryl methyl sites for hydroxylation is 1. The molecule has 0 saturated carbocycles. The molecule has 0 aromatic heterocycles. The maximum Gasteiger partial charge on any atom is 0.310 e. The van der Waals surface area contributed by atoms with E-state index in [4.69, 9.17) is 9.47 Å². The summed E-state index contributed by atoms with van der Waals surface area (Å²) in [5, 5.41) is 10.3. The Morgan fingerprint density at radius 3 is 2.96 bits per heavy atom. The fourth-order valence-corrected chi connectivity index (χ4v) is 3.09. The molecule has 0 spiro atoms. The van der Waals surface area contributed by atoms with Crippen molar-refractivity contribution in [3.05, 3.63) is 29.3 Å².